The number of likely N-dealkylation sites (N-methyl/N-ethyl adjacent to an activating group) is 1. The van der Waals surface area contributed by atoms with E-state index in [9.17, 15) is 9.90 Å². The number of amides is 1. The van der Waals surface area contributed by atoms with Gasteiger partial charge >= 0.3 is 0 Å². The number of ether oxygens (including phenoxy) is 1. The topological polar surface area (TPSA) is 49.8 Å². The smallest absolute Gasteiger partial charge is 0.265 e. The fraction of sp³-hybridized carbons (Fsp3) is 0.167. The molecule has 1 amide bonds. The quantitative estimate of drug-likeness (QED) is 0.649. The molecule has 1 saturated heterocycles. The number of hydrogen-bond acceptors (Lipinski definition) is 5. The van der Waals surface area contributed by atoms with Crippen LogP contribution in [-0.2, 0) is 4.79 Å². The molecule has 0 spiro atoms. The largest absolute Gasteiger partial charge is 0.504 e. The van der Waals surface area contributed by atoms with Crippen LogP contribution in [0.4, 0.5) is 0 Å². The third-order valence-corrected chi connectivity index (χ3v) is 4.74. The van der Waals surface area contributed by atoms with Crippen molar-refractivity contribution in [3.63, 3.8) is 0 Å². The van der Waals surface area contributed by atoms with Gasteiger partial charge in [-0.2, -0.15) is 0 Å². The van der Waals surface area contributed by atoms with E-state index in [1.807, 2.05) is 0 Å². The van der Waals surface area contributed by atoms with Crippen molar-refractivity contribution < 1.29 is 14.6 Å². The summed E-state index contributed by atoms with van der Waals surface area (Å²) >= 11 is 9.67. The molecule has 0 aliphatic carbocycles. The van der Waals surface area contributed by atoms with E-state index in [0.717, 1.165) is 4.47 Å². The van der Waals surface area contributed by atoms with E-state index in [4.69, 9.17) is 17.0 Å². The minimum absolute atomic E-state index is 0.0175. The molecule has 0 saturated carbocycles. The maximum atomic E-state index is 11.9. The minimum atomic E-state index is -0.141. The Balaban J connectivity index is 2.42. The van der Waals surface area contributed by atoms with Gasteiger partial charge in [0.25, 0.3) is 5.91 Å². The highest BCUT2D eigenvalue weighted by molar-refractivity contribution is 9.10. The van der Waals surface area contributed by atoms with E-state index in [2.05, 4.69) is 15.9 Å². The summed E-state index contributed by atoms with van der Waals surface area (Å²) in [5, 5.41) is 9.76. The third-order valence-electron chi connectivity index (χ3n) is 2.57. The van der Waals surface area contributed by atoms with Gasteiger partial charge in [-0.1, -0.05) is 39.9 Å². The Kier molecular flexibility index (Phi) is 4.17. The van der Waals surface area contributed by atoms with Crippen molar-refractivity contribution in [3.05, 3.63) is 27.1 Å². The second kappa shape index (κ2) is 5.52. The van der Waals surface area contributed by atoms with Gasteiger partial charge in [0.2, 0.25) is 0 Å². The first-order chi connectivity index (χ1) is 8.93. The van der Waals surface area contributed by atoms with Gasteiger partial charge in [0.15, 0.2) is 11.5 Å². The highest BCUT2D eigenvalue weighted by Gasteiger charge is 2.28. The summed E-state index contributed by atoms with van der Waals surface area (Å²) in [5.41, 5.74) is 0.687. The summed E-state index contributed by atoms with van der Waals surface area (Å²) in [6.45, 7) is 0. The Morgan fingerprint density at radius 1 is 1.53 bits per heavy atom. The predicted molar refractivity (Wildman–Crippen MR) is 83.3 cm³/mol. The molecule has 19 heavy (non-hydrogen) atoms. The molecule has 4 nitrogen and oxygen atoms in total. The fourth-order valence-corrected chi connectivity index (χ4v) is 3.13. The Labute approximate surface area is 128 Å². The van der Waals surface area contributed by atoms with Gasteiger partial charge < -0.3 is 9.84 Å². The maximum Gasteiger partial charge on any atom is 0.265 e. The molecule has 1 heterocycles. The van der Waals surface area contributed by atoms with Crippen LogP contribution >= 0.6 is 39.9 Å². The lowest BCUT2D eigenvalue weighted by atomic mass is 10.2. The van der Waals surface area contributed by atoms with Crippen LogP contribution in [0.1, 0.15) is 5.56 Å². The van der Waals surface area contributed by atoms with Crippen LogP contribution in [0.15, 0.2) is 21.5 Å². The van der Waals surface area contributed by atoms with Gasteiger partial charge in [-0.3, -0.25) is 9.69 Å². The van der Waals surface area contributed by atoms with E-state index in [1.54, 1.807) is 19.2 Å². The van der Waals surface area contributed by atoms with Gasteiger partial charge in [-0.15, -0.1) is 0 Å². The van der Waals surface area contributed by atoms with E-state index in [1.165, 1.54) is 29.8 Å². The summed E-state index contributed by atoms with van der Waals surface area (Å²) in [5.74, 6) is 0.244. The SMILES string of the molecule is COc1cc(Br)c(/C=C2\SC(=S)N(C)C2=O)cc1O. The molecule has 2 rings (SSSR count). The van der Waals surface area contributed by atoms with Crippen molar-refractivity contribution in [3.8, 4) is 11.5 Å². The van der Waals surface area contributed by atoms with Gasteiger partial charge in [-0.25, -0.2) is 0 Å². The fourth-order valence-electron chi connectivity index (χ4n) is 1.52. The second-order valence-corrected chi connectivity index (χ2v) is 6.32. The van der Waals surface area contributed by atoms with Crippen molar-refractivity contribution >= 4 is 56.2 Å². The van der Waals surface area contributed by atoms with Crippen LogP contribution in [-0.4, -0.2) is 34.4 Å². The number of rotatable bonds is 2. The minimum Gasteiger partial charge on any atom is -0.504 e. The number of hydrogen-bond donors (Lipinski definition) is 1. The van der Waals surface area contributed by atoms with Crippen LogP contribution in [0, 0.1) is 0 Å². The normalized spacial score (nSPS) is 17.4. The lowest BCUT2D eigenvalue weighted by Crippen LogP contribution is -2.22. The lowest BCUT2D eigenvalue weighted by molar-refractivity contribution is -0.121. The van der Waals surface area contributed by atoms with E-state index < -0.39 is 0 Å². The number of thiocarbonyl (C=S) groups is 1. The molecule has 1 N–H and O–H groups in total. The Bertz CT molecular complexity index is 601. The first-order valence-corrected chi connectivity index (χ1v) is 7.24. The number of thioether (sulfide) groups is 1. The average molecular weight is 360 g/mol. The molecule has 0 unspecified atom stereocenters. The monoisotopic (exact) mass is 359 g/mol. The molecule has 0 aromatic heterocycles. The first-order valence-electron chi connectivity index (χ1n) is 5.22. The van der Waals surface area contributed by atoms with Crippen LogP contribution in [0.3, 0.4) is 0 Å². The number of halogens is 1. The van der Waals surface area contributed by atoms with Crippen molar-refractivity contribution in [2.45, 2.75) is 0 Å². The molecular formula is C12H10BrNO3S2. The molecule has 0 bridgehead atoms. The molecule has 1 aliphatic heterocycles. The Morgan fingerprint density at radius 2 is 2.21 bits per heavy atom. The number of methoxy groups -OCH3 is 1. The number of benzene rings is 1. The van der Waals surface area contributed by atoms with E-state index in [0.29, 0.717) is 20.5 Å². The van der Waals surface area contributed by atoms with Crippen molar-refractivity contribution in [1.29, 1.82) is 0 Å². The van der Waals surface area contributed by atoms with Gasteiger partial charge in [0, 0.05) is 11.5 Å². The first kappa shape index (κ1) is 14.4. The molecule has 1 aromatic carbocycles. The van der Waals surface area contributed by atoms with Gasteiger partial charge in [0.05, 0.1) is 12.0 Å². The highest BCUT2D eigenvalue weighted by atomic mass is 79.9. The number of phenolic OH excluding ortho intramolecular Hbond substituents is 1. The zero-order valence-corrected chi connectivity index (χ0v) is 13.4. The van der Waals surface area contributed by atoms with Gasteiger partial charge in [-0.05, 0) is 23.8 Å². The standard InChI is InChI=1S/C12H10BrNO3S2/c1-14-11(16)10(19-12(14)18)4-6-3-8(15)9(17-2)5-7(6)13/h3-5,15H,1-2H3/b10-4-. The molecule has 1 fully saturated rings. The Morgan fingerprint density at radius 3 is 2.74 bits per heavy atom. The molecule has 100 valence electrons. The van der Waals surface area contributed by atoms with E-state index >= 15 is 0 Å². The highest BCUT2D eigenvalue weighted by Crippen LogP contribution is 2.36. The molecule has 1 aromatic rings. The molecule has 0 radical (unpaired) electrons. The summed E-state index contributed by atoms with van der Waals surface area (Å²) < 4.78 is 6.25. The van der Waals surface area contributed by atoms with Crippen LogP contribution in [0.25, 0.3) is 6.08 Å². The molecule has 1 aliphatic rings. The van der Waals surface area contributed by atoms with E-state index in [-0.39, 0.29) is 11.7 Å². The van der Waals surface area contributed by atoms with Crippen molar-refractivity contribution in [2.75, 3.05) is 14.2 Å². The predicted octanol–water partition coefficient (Wildman–Crippen LogP) is 2.99. The van der Waals surface area contributed by atoms with Crippen molar-refractivity contribution in [2.24, 2.45) is 0 Å². The van der Waals surface area contributed by atoms with Crippen LogP contribution < -0.4 is 4.74 Å². The lowest BCUT2D eigenvalue weighted by Gasteiger charge is -2.07. The zero-order valence-electron chi connectivity index (χ0n) is 10.1. The number of aromatic hydroxyl groups is 1. The third kappa shape index (κ3) is 2.77. The van der Waals surface area contributed by atoms with Gasteiger partial charge in [0.1, 0.15) is 4.32 Å². The van der Waals surface area contributed by atoms with Crippen LogP contribution in [0.5, 0.6) is 11.5 Å². The average Bonchev–Trinajstić information content (AvgIpc) is 2.61. The molecular weight excluding hydrogens is 350 g/mol. The maximum absolute atomic E-state index is 11.9. The van der Waals surface area contributed by atoms with Crippen molar-refractivity contribution in [1.82, 2.24) is 4.90 Å². The number of carbonyl (C=O) groups excluding carboxylic acids is 1. The summed E-state index contributed by atoms with van der Waals surface area (Å²) in [6, 6.07) is 3.18. The summed E-state index contributed by atoms with van der Waals surface area (Å²) in [4.78, 5) is 13.8. The number of phenols is 1. The summed E-state index contributed by atoms with van der Waals surface area (Å²) in [6.07, 6.45) is 1.69. The number of nitrogens with zero attached hydrogens (tertiary/aromatic N) is 1. The second-order valence-electron chi connectivity index (χ2n) is 3.79. The van der Waals surface area contributed by atoms with Crippen LogP contribution in [0.2, 0.25) is 0 Å². The summed E-state index contributed by atoms with van der Waals surface area (Å²) in [7, 11) is 3.11. The molecule has 0 atom stereocenters. The molecule has 7 heteroatoms. The Hall–Kier alpha value is -1.05. The number of carbonyl (C=O) groups is 1. The zero-order chi connectivity index (χ0) is 14.2.